The van der Waals surface area contributed by atoms with Gasteiger partial charge in [0.1, 0.15) is 0 Å². The first kappa shape index (κ1) is 25.2. The van der Waals surface area contributed by atoms with Crippen molar-refractivity contribution in [1.82, 2.24) is 20.4 Å². The van der Waals surface area contributed by atoms with E-state index >= 15 is 0 Å². The van der Waals surface area contributed by atoms with E-state index in [1.165, 1.54) is 50.3 Å². The maximum absolute atomic E-state index is 4.80. The van der Waals surface area contributed by atoms with Crippen molar-refractivity contribution in [2.45, 2.75) is 39.5 Å². The fraction of sp³-hybridized carbons (Fsp3) is 0.682. The Labute approximate surface area is 189 Å². The molecule has 0 aliphatic carbocycles. The Morgan fingerprint density at radius 3 is 2.75 bits per heavy atom. The van der Waals surface area contributed by atoms with E-state index in [0.717, 1.165) is 32.0 Å². The maximum Gasteiger partial charge on any atom is 0.191 e. The summed E-state index contributed by atoms with van der Waals surface area (Å²) in [5, 5.41) is 6.88. The predicted octanol–water partition coefficient (Wildman–Crippen LogP) is 3.30. The van der Waals surface area contributed by atoms with Crippen molar-refractivity contribution in [2.75, 3.05) is 59.4 Å². The normalized spacial score (nSPS) is 17.5. The van der Waals surface area contributed by atoms with Crippen LogP contribution in [0.5, 0.6) is 0 Å². The lowest BCUT2D eigenvalue weighted by molar-refractivity contribution is 0.274. The minimum Gasteiger partial charge on any atom is -0.357 e. The molecule has 1 unspecified atom stereocenters. The molecule has 5 nitrogen and oxygen atoms in total. The van der Waals surface area contributed by atoms with Crippen LogP contribution in [-0.4, -0.2) is 75.2 Å². The Hall–Kier alpha value is -0.860. The number of hydrogen-bond acceptors (Lipinski definition) is 3. The van der Waals surface area contributed by atoms with Gasteiger partial charge in [0.15, 0.2) is 5.96 Å². The molecule has 1 aliphatic heterocycles. The summed E-state index contributed by atoms with van der Waals surface area (Å²) in [6.07, 6.45) is 2.44. The average molecular weight is 502 g/mol. The Kier molecular flexibility index (Phi) is 12.7. The highest BCUT2D eigenvalue weighted by molar-refractivity contribution is 14.0. The summed E-state index contributed by atoms with van der Waals surface area (Å²) >= 11 is 0. The van der Waals surface area contributed by atoms with E-state index in [1.54, 1.807) is 0 Å². The number of guanidine groups is 1. The molecule has 6 heteroatoms. The van der Waals surface area contributed by atoms with Gasteiger partial charge in [-0.25, -0.2) is 0 Å². The highest BCUT2D eigenvalue weighted by Gasteiger charge is 2.11. The molecule has 1 aromatic rings. The van der Waals surface area contributed by atoms with Crippen molar-refractivity contribution in [3.05, 3.63) is 35.4 Å². The molecule has 2 N–H and O–H groups in total. The number of rotatable bonds is 8. The van der Waals surface area contributed by atoms with Gasteiger partial charge in [0, 0.05) is 38.6 Å². The second-order valence-electron chi connectivity index (χ2n) is 7.81. The van der Waals surface area contributed by atoms with Gasteiger partial charge in [-0.1, -0.05) is 36.8 Å². The van der Waals surface area contributed by atoms with E-state index in [4.69, 9.17) is 4.99 Å². The molecule has 2 rings (SSSR count). The first-order valence-electron chi connectivity index (χ1n) is 10.6. The van der Waals surface area contributed by atoms with Crippen LogP contribution in [0.3, 0.4) is 0 Å². The number of aliphatic imine (C=N–C) groups is 1. The zero-order valence-corrected chi connectivity index (χ0v) is 20.5. The van der Waals surface area contributed by atoms with Crippen LogP contribution in [-0.2, 0) is 0 Å². The van der Waals surface area contributed by atoms with Crippen LogP contribution in [0.1, 0.15) is 43.7 Å². The van der Waals surface area contributed by atoms with Crippen molar-refractivity contribution in [3.8, 4) is 0 Å². The predicted molar refractivity (Wildman–Crippen MR) is 132 cm³/mol. The molecule has 1 heterocycles. The summed E-state index contributed by atoms with van der Waals surface area (Å²) in [5.41, 5.74) is 2.67. The second kappa shape index (κ2) is 14.2. The third-order valence-corrected chi connectivity index (χ3v) is 5.23. The van der Waals surface area contributed by atoms with Gasteiger partial charge in [-0.2, -0.15) is 0 Å². The Morgan fingerprint density at radius 2 is 2.00 bits per heavy atom. The molecule has 1 atom stereocenters. The highest BCUT2D eigenvalue weighted by Crippen LogP contribution is 2.16. The van der Waals surface area contributed by atoms with Gasteiger partial charge in [-0.3, -0.25) is 4.99 Å². The van der Waals surface area contributed by atoms with Crippen LogP contribution >= 0.6 is 24.0 Å². The largest absolute Gasteiger partial charge is 0.357 e. The lowest BCUT2D eigenvalue weighted by Crippen LogP contribution is -2.39. The third kappa shape index (κ3) is 9.56. The first-order valence-corrected chi connectivity index (χ1v) is 10.6. The number of nitrogens with zero attached hydrogens (tertiary/aromatic N) is 3. The zero-order chi connectivity index (χ0) is 19.5. The molecule has 1 fully saturated rings. The van der Waals surface area contributed by atoms with Crippen LogP contribution in [0.2, 0.25) is 0 Å². The molecular formula is C22H40IN5. The van der Waals surface area contributed by atoms with Gasteiger partial charge >= 0.3 is 0 Å². The van der Waals surface area contributed by atoms with Crippen LogP contribution in [0, 0.1) is 6.92 Å². The van der Waals surface area contributed by atoms with E-state index < -0.39 is 0 Å². The minimum absolute atomic E-state index is 0. The molecule has 160 valence electrons. The Bertz CT molecular complexity index is 578. The van der Waals surface area contributed by atoms with E-state index in [0.29, 0.717) is 5.92 Å². The number of nitrogens with one attached hydrogen (secondary N) is 2. The van der Waals surface area contributed by atoms with Gasteiger partial charge in [0.05, 0.1) is 0 Å². The number of benzene rings is 1. The second-order valence-corrected chi connectivity index (χ2v) is 7.81. The molecule has 0 bridgehead atoms. The SMILES string of the molecule is CCNC(=NCC(C)c1cccc(C)c1)NCCCN1CCCN(C)CC1.I. The zero-order valence-electron chi connectivity index (χ0n) is 18.2. The summed E-state index contributed by atoms with van der Waals surface area (Å²) in [7, 11) is 2.22. The summed E-state index contributed by atoms with van der Waals surface area (Å²) in [6.45, 7) is 15.2. The Morgan fingerprint density at radius 1 is 1.18 bits per heavy atom. The summed E-state index contributed by atoms with van der Waals surface area (Å²) < 4.78 is 0. The van der Waals surface area contributed by atoms with Gasteiger partial charge in [-0.15, -0.1) is 24.0 Å². The molecular weight excluding hydrogens is 461 g/mol. The van der Waals surface area contributed by atoms with Gasteiger partial charge in [0.25, 0.3) is 0 Å². The standard InChI is InChI=1S/C22H39N5.HI/c1-5-23-22(25-18-20(3)21-10-6-9-19(2)17-21)24-11-7-13-27-14-8-12-26(4)15-16-27;/h6,9-10,17,20H,5,7-8,11-16,18H2,1-4H3,(H2,23,24,25);1H. The molecule has 0 aromatic heterocycles. The molecule has 0 amide bonds. The quantitative estimate of drug-likeness (QED) is 0.248. The number of aryl methyl sites for hydroxylation is 1. The van der Waals surface area contributed by atoms with Crippen LogP contribution in [0.4, 0.5) is 0 Å². The lowest BCUT2D eigenvalue weighted by atomic mass is 10.00. The molecule has 0 saturated carbocycles. The van der Waals surface area contributed by atoms with Crippen LogP contribution in [0.25, 0.3) is 0 Å². The van der Waals surface area contributed by atoms with Gasteiger partial charge in [0.2, 0.25) is 0 Å². The Balaban J connectivity index is 0.00000392. The fourth-order valence-corrected chi connectivity index (χ4v) is 3.49. The maximum atomic E-state index is 4.80. The molecule has 0 radical (unpaired) electrons. The molecule has 28 heavy (non-hydrogen) atoms. The molecule has 1 saturated heterocycles. The van der Waals surface area contributed by atoms with Crippen molar-refractivity contribution >= 4 is 29.9 Å². The van der Waals surface area contributed by atoms with Crippen molar-refractivity contribution in [2.24, 2.45) is 4.99 Å². The summed E-state index contributed by atoms with van der Waals surface area (Å²) in [4.78, 5) is 9.83. The van der Waals surface area contributed by atoms with E-state index in [2.05, 4.69) is 72.5 Å². The van der Waals surface area contributed by atoms with E-state index in [1.807, 2.05) is 0 Å². The van der Waals surface area contributed by atoms with E-state index in [-0.39, 0.29) is 24.0 Å². The lowest BCUT2D eigenvalue weighted by Gasteiger charge is -2.20. The number of likely N-dealkylation sites (N-methyl/N-ethyl adjacent to an activating group) is 1. The summed E-state index contributed by atoms with van der Waals surface area (Å²) in [5.74, 6) is 1.36. The molecule has 0 spiro atoms. The fourth-order valence-electron chi connectivity index (χ4n) is 3.49. The summed E-state index contributed by atoms with van der Waals surface area (Å²) in [6, 6.07) is 8.74. The molecule has 1 aromatic carbocycles. The third-order valence-electron chi connectivity index (χ3n) is 5.23. The van der Waals surface area contributed by atoms with Crippen LogP contribution in [0.15, 0.2) is 29.3 Å². The van der Waals surface area contributed by atoms with Crippen molar-refractivity contribution in [3.63, 3.8) is 0 Å². The minimum atomic E-state index is 0. The average Bonchev–Trinajstić information content (AvgIpc) is 2.87. The van der Waals surface area contributed by atoms with Crippen molar-refractivity contribution < 1.29 is 0 Å². The molecule has 1 aliphatic rings. The van der Waals surface area contributed by atoms with Crippen LogP contribution < -0.4 is 10.6 Å². The topological polar surface area (TPSA) is 42.9 Å². The smallest absolute Gasteiger partial charge is 0.191 e. The highest BCUT2D eigenvalue weighted by atomic mass is 127. The van der Waals surface area contributed by atoms with E-state index in [9.17, 15) is 0 Å². The number of hydrogen-bond donors (Lipinski definition) is 2. The van der Waals surface area contributed by atoms with Gasteiger partial charge < -0.3 is 20.4 Å². The van der Waals surface area contributed by atoms with Crippen molar-refractivity contribution in [1.29, 1.82) is 0 Å². The number of halogens is 1. The monoisotopic (exact) mass is 501 g/mol. The van der Waals surface area contributed by atoms with Gasteiger partial charge in [-0.05, 0) is 58.9 Å². The first-order chi connectivity index (χ1) is 13.1.